The number of rotatable bonds is 0. The summed E-state index contributed by atoms with van der Waals surface area (Å²) in [6.07, 6.45) is 0. The van der Waals surface area contributed by atoms with Crippen LogP contribution in [0.1, 0.15) is 0 Å². The number of benzene rings is 2. The molecule has 0 aliphatic carbocycles. The average Bonchev–Trinajstić information content (AvgIpc) is 2.69. The van der Waals surface area contributed by atoms with E-state index in [4.69, 9.17) is 0 Å². The summed E-state index contributed by atoms with van der Waals surface area (Å²) in [4.78, 5) is 0. The molecule has 0 saturated carbocycles. The van der Waals surface area contributed by atoms with E-state index in [0.717, 1.165) is 17.4 Å². The van der Waals surface area contributed by atoms with E-state index in [-0.39, 0.29) is 9.40 Å². The molecule has 0 bridgehead atoms. The maximum absolute atomic E-state index is 13.6. The van der Waals surface area contributed by atoms with Crippen LogP contribution in [-0.2, 0) is 0 Å². The van der Waals surface area contributed by atoms with E-state index >= 15 is 0 Å². The average molecular weight is 254 g/mol. The minimum absolute atomic E-state index is 0.0597. The maximum Gasteiger partial charge on any atom is 0.182 e. The fourth-order valence-electron chi connectivity index (χ4n) is 1.80. The Morgan fingerprint density at radius 3 is 2.12 bits per heavy atom. The third-order valence-electron chi connectivity index (χ3n) is 2.62. The Kier molecular flexibility index (Phi) is 2.06. The normalized spacial score (nSPS) is 11.5. The van der Waals surface area contributed by atoms with Gasteiger partial charge in [0, 0.05) is 10.8 Å². The van der Waals surface area contributed by atoms with Crippen molar-refractivity contribution in [3.63, 3.8) is 0 Å². The number of hydrogen-bond donors (Lipinski definition) is 1. The first kappa shape index (κ1) is 10.4. The van der Waals surface area contributed by atoms with E-state index < -0.39 is 23.2 Å². The number of aromatic hydroxyl groups is 1. The summed E-state index contributed by atoms with van der Waals surface area (Å²) in [6.45, 7) is 0. The summed E-state index contributed by atoms with van der Waals surface area (Å²) in [6, 6.07) is 5.10. The highest BCUT2D eigenvalue weighted by atomic mass is 32.1. The molecule has 17 heavy (non-hydrogen) atoms. The van der Waals surface area contributed by atoms with Gasteiger partial charge in [0.2, 0.25) is 0 Å². The van der Waals surface area contributed by atoms with Gasteiger partial charge in [-0.2, -0.15) is 0 Å². The summed E-state index contributed by atoms with van der Waals surface area (Å²) in [5, 5.41) is 10.1. The Morgan fingerprint density at radius 1 is 0.824 bits per heavy atom. The van der Waals surface area contributed by atoms with Crippen LogP contribution in [0.4, 0.5) is 13.2 Å². The van der Waals surface area contributed by atoms with Crippen LogP contribution in [0, 0.1) is 17.5 Å². The maximum atomic E-state index is 13.6. The zero-order chi connectivity index (χ0) is 12.2. The first-order valence-corrected chi connectivity index (χ1v) is 5.59. The van der Waals surface area contributed by atoms with Gasteiger partial charge in [-0.15, -0.1) is 11.3 Å². The Labute approximate surface area is 97.7 Å². The highest BCUT2D eigenvalue weighted by molar-refractivity contribution is 7.25. The fourth-order valence-corrected chi connectivity index (χ4v) is 2.96. The summed E-state index contributed by atoms with van der Waals surface area (Å²) < 4.78 is 40.4. The van der Waals surface area contributed by atoms with Gasteiger partial charge in [-0.3, -0.25) is 0 Å². The minimum atomic E-state index is -0.984. The van der Waals surface area contributed by atoms with Crippen LogP contribution in [-0.4, -0.2) is 5.11 Å². The first-order valence-electron chi connectivity index (χ1n) is 4.77. The Balaban J connectivity index is 2.58. The van der Waals surface area contributed by atoms with Crippen molar-refractivity contribution in [3.05, 3.63) is 41.7 Å². The van der Waals surface area contributed by atoms with Crippen LogP contribution in [0.5, 0.6) is 5.75 Å². The van der Waals surface area contributed by atoms with Crippen molar-refractivity contribution in [1.82, 2.24) is 0 Å². The molecule has 86 valence electrons. The van der Waals surface area contributed by atoms with Gasteiger partial charge >= 0.3 is 0 Å². The molecule has 0 aliphatic rings. The molecule has 1 N–H and O–H groups in total. The molecule has 0 spiro atoms. The molecule has 0 unspecified atom stereocenters. The molecule has 0 radical (unpaired) electrons. The number of hydrogen-bond acceptors (Lipinski definition) is 2. The van der Waals surface area contributed by atoms with Crippen molar-refractivity contribution >= 4 is 31.5 Å². The van der Waals surface area contributed by atoms with Crippen LogP contribution < -0.4 is 0 Å². The molecular formula is C12H5F3OS. The van der Waals surface area contributed by atoms with E-state index in [0.29, 0.717) is 10.8 Å². The van der Waals surface area contributed by atoms with Crippen LogP contribution in [0.25, 0.3) is 20.2 Å². The fraction of sp³-hybridized carbons (Fsp3) is 0. The first-order chi connectivity index (χ1) is 8.09. The molecule has 0 atom stereocenters. The lowest BCUT2D eigenvalue weighted by atomic mass is 10.1. The van der Waals surface area contributed by atoms with Gasteiger partial charge in [-0.05, 0) is 24.3 Å². The van der Waals surface area contributed by atoms with Gasteiger partial charge in [0.05, 0.1) is 9.40 Å². The molecule has 1 nitrogen and oxygen atoms in total. The largest absolute Gasteiger partial charge is 0.505 e. The molecule has 0 aliphatic heterocycles. The van der Waals surface area contributed by atoms with Gasteiger partial charge in [0.25, 0.3) is 0 Å². The molecule has 5 heteroatoms. The molecule has 1 heterocycles. The predicted octanol–water partition coefficient (Wildman–Crippen LogP) is 4.18. The standard InChI is InChI=1S/C12H5F3OS/c13-7-3-1-5-6-2-4-8(16)10(15)12(6)17-11(5)9(7)14/h1-4,16H. The Morgan fingerprint density at radius 2 is 1.41 bits per heavy atom. The molecule has 0 fully saturated rings. The van der Waals surface area contributed by atoms with Crippen LogP contribution in [0.2, 0.25) is 0 Å². The topological polar surface area (TPSA) is 20.2 Å². The Hall–Kier alpha value is -1.75. The summed E-state index contributed by atoms with van der Waals surface area (Å²) in [7, 11) is 0. The van der Waals surface area contributed by atoms with Crippen LogP contribution >= 0.6 is 11.3 Å². The minimum Gasteiger partial charge on any atom is -0.505 e. The third-order valence-corrected chi connectivity index (χ3v) is 3.83. The van der Waals surface area contributed by atoms with Gasteiger partial charge in [-0.25, -0.2) is 13.2 Å². The summed E-state index contributed by atoms with van der Waals surface area (Å²) in [5.41, 5.74) is 0. The third kappa shape index (κ3) is 1.32. The van der Waals surface area contributed by atoms with E-state index in [2.05, 4.69) is 0 Å². The highest BCUT2D eigenvalue weighted by Crippen LogP contribution is 2.39. The molecule has 0 amide bonds. The molecular weight excluding hydrogens is 249 g/mol. The molecule has 3 aromatic rings. The van der Waals surface area contributed by atoms with Crippen molar-refractivity contribution in [3.8, 4) is 5.75 Å². The number of phenolic OH excluding ortho intramolecular Hbond substituents is 1. The molecule has 3 rings (SSSR count). The van der Waals surface area contributed by atoms with Gasteiger partial charge in [0.15, 0.2) is 23.2 Å². The van der Waals surface area contributed by atoms with Crippen molar-refractivity contribution < 1.29 is 18.3 Å². The summed E-state index contributed by atoms with van der Waals surface area (Å²) in [5.74, 6) is -3.25. The molecule has 0 saturated heterocycles. The van der Waals surface area contributed by atoms with E-state index in [9.17, 15) is 18.3 Å². The van der Waals surface area contributed by atoms with Crippen LogP contribution in [0.3, 0.4) is 0 Å². The molecule has 2 aromatic carbocycles. The van der Waals surface area contributed by atoms with Crippen molar-refractivity contribution in [1.29, 1.82) is 0 Å². The van der Waals surface area contributed by atoms with E-state index in [1.165, 1.54) is 18.2 Å². The number of thiophene rings is 1. The monoisotopic (exact) mass is 254 g/mol. The van der Waals surface area contributed by atoms with E-state index in [1.54, 1.807) is 0 Å². The molecule has 1 aromatic heterocycles. The summed E-state index contributed by atoms with van der Waals surface area (Å²) >= 11 is 0.793. The Bertz CT molecular complexity index is 686. The lowest BCUT2D eigenvalue weighted by Gasteiger charge is -1.96. The smallest absolute Gasteiger partial charge is 0.182 e. The highest BCUT2D eigenvalue weighted by Gasteiger charge is 2.16. The zero-order valence-corrected chi connectivity index (χ0v) is 9.12. The van der Waals surface area contributed by atoms with Gasteiger partial charge in [-0.1, -0.05) is 0 Å². The van der Waals surface area contributed by atoms with E-state index in [1.807, 2.05) is 0 Å². The lowest BCUT2D eigenvalue weighted by Crippen LogP contribution is -1.81. The number of halogens is 3. The second-order valence-electron chi connectivity index (χ2n) is 3.62. The quantitative estimate of drug-likeness (QED) is 0.638. The van der Waals surface area contributed by atoms with Gasteiger partial charge < -0.3 is 5.11 Å². The second-order valence-corrected chi connectivity index (χ2v) is 4.64. The second kappa shape index (κ2) is 3.37. The van der Waals surface area contributed by atoms with Crippen molar-refractivity contribution in [2.45, 2.75) is 0 Å². The van der Waals surface area contributed by atoms with Gasteiger partial charge in [0.1, 0.15) is 0 Å². The van der Waals surface area contributed by atoms with Crippen LogP contribution in [0.15, 0.2) is 24.3 Å². The SMILES string of the molecule is Oc1ccc2c(sc3c(F)c(F)ccc32)c1F. The zero-order valence-electron chi connectivity index (χ0n) is 8.30. The lowest BCUT2D eigenvalue weighted by molar-refractivity contribution is 0.436. The van der Waals surface area contributed by atoms with Crippen molar-refractivity contribution in [2.24, 2.45) is 0 Å². The number of fused-ring (bicyclic) bond motifs is 3. The predicted molar refractivity (Wildman–Crippen MR) is 60.9 cm³/mol. The number of phenols is 1. The van der Waals surface area contributed by atoms with Crippen molar-refractivity contribution in [2.75, 3.05) is 0 Å².